The van der Waals surface area contributed by atoms with Gasteiger partial charge in [-0.05, 0) is 56.4 Å². The van der Waals surface area contributed by atoms with Crippen LogP contribution in [0, 0.1) is 0 Å². The molecule has 0 aliphatic heterocycles. The molecule has 3 rings (SSSR count). The van der Waals surface area contributed by atoms with Crippen LogP contribution in [0.1, 0.15) is 42.5 Å². The van der Waals surface area contributed by atoms with Gasteiger partial charge in [0, 0.05) is 12.7 Å². The average molecular weight is 387 g/mol. The number of hydrogen-bond acceptors (Lipinski definition) is 6. The van der Waals surface area contributed by atoms with E-state index in [1.54, 1.807) is 30.5 Å². The lowest BCUT2D eigenvalue weighted by Gasteiger charge is -2.13. The van der Waals surface area contributed by atoms with E-state index in [0.717, 1.165) is 13.0 Å². The Labute approximate surface area is 164 Å². The SMILES string of the molecule is COC(=O)c1ccc(Cl)c(Nc2ccnc(NCCC3=CCCCC3)n2)c1. The van der Waals surface area contributed by atoms with E-state index in [4.69, 9.17) is 16.3 Å². The number of hydrogen-bond donors (Lipinski definition) is 2. The molecule has 27 heavy (non-hydrogen) atoms. The first-order valence-corrected chi connectivity index (χ1v) is 9.43. The van der Waals surface area contributed by atoms with Crippen LogP contribution in [-0.4, -0.2) is 29.6 Å². The van der Waals surface area contributed by atoms with Crippen LogP contribution in [-0.2, 0) is 4.74 Å². The third-order valence-electron chi connectivity index (χ3n) is 4.42. The molecule has 7 heteroatoms. The number of nitrogens with one attached hydrogen (secondary N) is 2. The zero-order chi connectivity index (χ0) is 19.1. The van der Waals surface area contributed by atoms with Gasteiger partial charge >= 0.3 is 5.97 Å². The first-order valence-electron chi connectivity index (χ1n) is 9.05. The summed E-state index contributed by atoms with van der Waals surface area (Å²) in [5, 5.41) is 6.88. The topological polar surface area (TPSA) is 76.1 Å². The van der Waals surface area contributed by atoms with Gasteiger partial charge in [0.1, 0.15) is 5.82 Å². The third kappa shape index (κ3) is 5.44. The highest BCUT2D eigenvalue weighted by Gasteiger charge is 2.10. The molecule has 1 aromatic carbocycles. The van der Waals surface area contributed by atoms with Gasteiger partial charge in [0.15, 0.2) is 0 Å². The van der Waals surface area contributed by atoms with Gasteiger partial charge in [-0.1, -0.05) is 23.3 Å². The van der Waals surface area contributed by atoms with Crippen molar-refractivity contribution < 1.29 is 9.53 Å². The van der Waals surface area contributed by atoms with E-state index in [1.807, 2.05) is 0 Å². The molecule has 2 N–H and O–H groups in total. The van der Waals surface area contributed by atoms with Gasteiger partial charge in [0.25, 0.3) is 0 Å². The average Bonchev–Trinajstić information content (AvgIpc) is 2.70. The summed E-state index contributed by atoms with van der Waals surface area (Å²) in [7, 11) is 1.34. The summed E-state index contributed by atoms with van der Waals surface area (Å²) in [5.74, 6) is 0.724. The molecule has 1 heterocycles. The molecule has 0 spiro atoms. The lowest BCUT2D eigenvalue weighted by Crippen LogP contribution is -2.08. The molecule has 0 amide bonds. The Kier molecular flexibility index (Phi) is 6.65. The van der Waals surface area contributed by atoms with Crippen molar-refractivity contribution in [1.29, 1.82) is 0 Å². The Hall–Kier alpha value is -2.60. The molecular weight excluding hydrogens is 364 g/mol. The van der Waals surface area contributed by atoms with Gasteiger partial charge < -0.3 is 15.4 Å². The lowest BCUT2D eigenvalue weighted by atomic mass is 9.97. The second kappa shape index (κ2) is 9.37. The summed E-state index contributed by atoms with van der Waals surface area (Å²) >= 11 is 6.22. The van der Waals surface area contributed by atoms with E-state index in [2.05, 4.69) is 26.7 Å². The van der Waals surface area contributed by atoms with Crippen LogP contribution in [0.3, 0.4) is 0 Å². The molecule has 0 saturated carbocycles. The predicted molar refractivity (Wildman–Crippen MR) is 108 cm³/mol. The molecule has 0 saturated heterocycles. The van der Waals surface area contributed by atoms with Gasteiger partial charge in [-0.25, -0.2) is 9.78 Å². The van der Waals surface area contributed by atoms with Gasteiger partial charge in [0.05, 0.1) is 23.4 Å². The molecule has 0 radical (unpaired) electrons. The molecule has 0 fully saturated rings. The molecule has 1 aliphatic carbocycles. The summed E-state index contributed by atoms with van der Waals surface area (Å²) in [6.07, 6.45) is 10.0. The molecule has 142 valence electrons. The first-order chi connectivity index (χ1) is 13.2. The Morgan fingerprint density at radius 2 is 2.19 bits per heavy atom. The molecule has 2 aromatic rings. The van der Waals surface area contributed by atoms with E-state index in [0.29, 0.717) is 28.0 Å². The first kappa shape index (κ1) is 19.2. The largest absolute Gasteiger partial charge is 0.465 e. The van der Waals surface area contributed by atoms with Crippen molar-refractivity contribution in [2.75, 3.05) is 24.3 Å². The summed E-state index contributed by atoms with van der Waals surface area (Å²) < 4.78 is 4.74. The minimum atomic E-state index is -0.420. The Bertz CT molecular complexity index is 838. The van der Waals surface area contributed by atoms with Crippen LogP contribution >= 0.6 is 11.6 Å². The standard InChI is InChI=1S/C20H23ClN4O2/c1-27-19(26)15-7-8-16(21)17(13-15)24-18-10-12-23-20(25-18)22-11-9-14-5-3-2-4-6-14/h5,7-8,10,12-13H,2-4,6,9,11H2,1H3,(H2,22,23,24,25). The Morgan fingerprint density at radius 3 is 2.96 bits per heavy atom. The van der Waals surface area contributed by atoms with Crippen LogP contribution in [0.15, 0.2) is 42.1 Å². The number of allylic oxidation sites excluding steroid dienone is 1. The summed E-state index contributed by atoms with van der Waals surface area (Å²) in [6.45, 7) is 0.799. The van der Waals surface area contributed by atoms with E-state index < -0.39 is 5.97 Å². The van der Waals surface area contributed by atoms with Crippen molar-refractivity contribution in [2.45, 2.75) is 32.1 Å². The summed E-state index contributed by atoms with van der Waals surface area (Å²) in [5.41, 5.74) is 2.50. The van der Waals surface area contributed by atoms with E-state index in [-0.39, 0.29) is 0 Å². The van der Waals surface area contributed by atoms with E-state index in [1.165, 1.54) is 38.4 Å². The predicted octanol–water partition coefficient (Wildman–Crippen LogP) is 4.96. The highest BCUT2D eigenvalue weighted by Crippen LogP contribution is 2.26. The van der Waals surface area contributed by atoms with Crippen molar-refractivity contribution in [1.82, 2.24) is 9.97 Å². The maximum atomic E-state index is 11.7. The van der Waals surface area contributed by atoms with Crippen molar-refractivity contribution in [3.63, 3.8) is 0 Å². The van der Waals surface area contributed by atoms with Gasteiger partial charge in [-0.3, -0.25) is 0 Å². The molecule has 1 aromatic heterocycles. The smallest absolute Gasteiger partial charge is 0.337 e. The number of esters is 1. The van der Waals surface area contributed by atoms with Gasteiger partial charge in [0.2, 0.25) is 5.95 Å². The number of rotatable bonds is 7. The van der Waals surface area contributed by atoms with Gasteiger partial charge in [-0.2, -0.15) is 4.98 Å². The zero-order valence-electron chi connectivity index (χ0n) is 15.3. The third-order valence-corrected chi connectivity index (χ3v) is 4.75. The minimum absolute atomic E-state index is 0.414. The monoisotopic (exact) mass is 386 g/mol. The Morgan fingerprint density at radius 1 is 1.30 bits per heavy atom. The van der Waals surface area contributed by atoms with Crippen LogP contribution in [0.2, 0.25) is 5.02 Å². The van der Waals surface area contributed by atoms with Gasteiger partial charge in [-0.15, -0.1) is 0 Å². The Balaban J connectivity index is 1.63. The van der Waals surface area contributed by atoms with Crippen molar-refractivity contribution in [3.8, 4) is 0 Å². The maximum Gasteiger partial charge on any atom is 0.337 e. The van der Waals surface area contributed by atoms with E-state index in [9.17, 15) is 4.79 Å². The highest BCUT2D eigenvalue weighted by atomic mass is 35.5. The number of carbonyl (C=O) groups is 1. The normalized spacial score (nSPS) is 13.6. The fourth-order valence-electron chi connectivity index (χ4n) is 2.98. The number of benzene rings is 1. The lowest BCUT2D eigenvalue weighted by molar-refractivity contribution is 0.0601. The van der Waals surface area contributed by atoms with Crippen LogP contribution in [0.4, 0.5) is 17.5 Å². The minimum Gasteiger partial charge on any atom is -0.465 e. The van der Waals surface area contributed by atoms with Crippen molar-refractivity contribution >= 4 is 35.0 Å². The van der Waals surface area contributed by atoms with Crippen LogP contribution in [0.5, 0.6) is 0 Å². The van der Waals surface area contributed by atoms with E-state index >= 15 is 0 Å². The summed E-state index contributed by atoms with van der Waals surface area (Å²) in [6, 6.07) is 6.65. The second-order valence-electron chi connectivity index (χ2n) is 6.36. The molecule has 0 unspecified atom stereocenters. The van der Waals surface area contributed by atoms with Crippen LogP contribution in [0.25, 0.3) is 0 Å². The quantitative estimate of drug-likeness (QED) is 0.517. The molecule has 0 bridgehead atoms. The fourth-order valence-corrected chi connectivity index (χ4v) is 3.15. The molecule has 0 atom stereocenters. The fraction of sp³-hybridized carbons (Fsp3) is 0.350. The highest BCUT2D eigenvalue weighted by molar-refractivity contribution is 6.33. The zero-order valence-corrected chi connectivity index (χ0v) is 16.1. The molecule has 1 aliphatic rings. The molecule has 6 nitrogen and oxygen atoms in total. The number of aromatic nitrogens is 2. The summed E-state index contributed by atoms with van der Waals surface area (Å²) in [4.78, 5) is 20.4. The number of anilines is 3. The number of methoxy groups -OCH3 is 1. The number of ether oxygens (including phenoxy) is 1. The second-order valence-corrected chi connectivity index (χ2v) is 6.77. The van der Waals surface area contributed by atoms with Crippen molar-refractivity contribution in [3.05, 3.63) is 52.7 Å². The van der Waals surface area contributed by atoms with Crippen LogP contribution < -0.4 is 10.6 Å². The maximum absolute atomic E-state index is 11.7. The number of carbonyl (C=O) groups excluding carboxylic acids is 1. The number of nitrogens with zero attached hydrogens (tertiary/aromatic N) is 2. The molecular formula is C20H23ClN4O2. The van der Waals surface area contributed by atoms with Crippen molar-refractivity contribution in [2.24, 2.45) is 0 Å². The number of halogens is 1.